The van der Waals surface area contributed by atoms with E-state index in [1.165, 1.54) is 12.1 Å². The lowest BCUT2D eigenvalue weighted by Gasteiger charge is -2.30. The maximum Gasteiger partial charge on any atom is 0.387 e. The quantitative estimate of drug-likeness (QED) is 0.771. The monoisotopic (exact) mass is 379 g/mol. The Bertz CT molecular complexity index is 754. The Labute approximate surface area is 156 Å². The lowest BCUT2D eigenvalue weighted by atomic mass is 9.88. The Balaban J connectivity index is 1.71. The number of rotatable bonds is 6. The van der Waals surface area contributed by atoms with Crippen LogP contribution < -0.4 is 10.1 Å². The van der Waals surface area contributed by atoms with Crippen molar-refractivity contribution in [1.82, 2.24) is 15.5 Å². The molecule has 0 radical (unpaired) electrons. The van der Waals surface area contributed by atoms with Crippen LogP contribution in [0.3, 0.4) is 0 Å². The van der Waals surface area contributed by atoms with Crippen LogP contribution in [0.5, 0.6) is 5.75 Å². The van der Waals surface area contributed by atoms with Crippen LogP contribution in [0, 0.1) is 6.92 Å². The largest absolute Gasteiger partial charge is 0.435 e. The Morgan fingerprint density at radius 2 is 1.89 bits per heavy atom. The molecule has 2 aromatic rings. The number of nitrogens with zero attached hydrogens (tertiary/aromatic N) is 2. The zero-order valence-corrected chi connectivity index (χ0v) is 15.2. The highest BCUT2D eigenvalue weighted by molar-refractivity contribution is 5.79. The minimum atomic E-state index is -2.87. The van der Waals surface area contributed by atoms with Gasteiger partial charge in [-0.05, 0) is 30.5 Å². The van der Waals surface area contributed by atoms with E-state index in [-0.39, 0.29) is 18.1 Å². The van der Waals surface area contributed by atoms with Gasteiger partial charge in [0.2, 0.25) is 11.8 Å². The highest BCUT2D eigenvalue weighted by Gasteiger charge is 2.38. The SMILES string of the molecule is Cc1nc(C2(NC(=O)Cc3ccc(OC(F)F)cc3)CCCCCC2)no1. The summed E-state index contributed by atoms with van der Waals surface area (Å²) >= 11 is 0. The summed E-state index contributed by atoms with van der Waals surface area (Å²) in [5, 5.41) is 7.19. The van der Waals surface area contributed by atoms with Gasteiger partial charge in [-0.2, -0.15) is 13.8 Å². The van der Waals surface area contributed by atoms with E-state index in [1.54, 1.807) is 19.1 Å². The van der Waals surface area contributed by atoms with Crippen molar-refractivity contribution in [2.75, 3.05) is 0 Å². The van der Waals surface area contributed by atoms with E-state index in [4.69, 9.17) is 4.52 Å². The molecular weight excluding hydrogens is 356 g/mol. The molecule has 0 spiro atoms. The second kappa shape index (κ2) is 8.45. The van der Waals surface area contributed by atoms with Crippen LogP contribution in [0.4, 0.5) is 8.78 Å². The van der Waals surface area contributed by atoms with Gasteiger partial charge in [-0.3, -0.25) is 4.79 Å². The van der Waals surface area contributed by atoms with Crippen LogP contribution in [-0.2, 0) is 16.8 Å². The van der Waals surface area contributed by atoms with Gasteiger partial charge in [-0.15, -0.1) is 0 Å². The van der Waals surface area contributed by atoms with Gasteiger partial charge in [0.15, 0.2) is 5.82 Å². The molecule has 1 aliphatic carbocycles. The number of carbonyl (C=O) groups is 1. The molecular formula is C19H23F2N3O3. The number of aromatic nitrogens is 2. The molecule has 0 saturated heterocycles. The van der Waals surface area contributed by atoms with E-state index < -0.39 is 12.2 Å². The smallest absolute Gasteiger partial charge is 0.387 e. The fourth-order valence-corrected chi connectivity index (χ4v) is 3.52. The molecule has 0 aliphatic heterocycles. The molecule has 8 heteroatoms. The van der Waals surface area contributed by atoms with Crippen LogP contribution in [0.1, 0.15) is 55.8 Å². The second-order valence-corrected chi connectivity index (χ2v) is 6.88. The van der Waals surface area contributed by atoms with Crippen molar-refractivity contribution < 1.29 is 22.8 Å². The van der Waals surface area contributed by atoms with Gasteiger partial charge in [-0.1, -0.05) is 43.0 Å². The molecule has 1 heterocycles. The van der Waals surface area contributed by atoms with Crippen LogP contribution in [0.25, 0.3) is 0 Å². The van der Waals surface area contributed by atoms with Crippen molar-refractivity contribution in [3.63, 3.8) is 0 Å². The maximum absolute atomic E-state index is 12.7. The first-order valence-corrected chi connectivity index (χ1v) is 9.12. The normalized spacial score (nSPS) is 16.7. The fraction of sp³-hybridized carbons (Fsp3) is 0.526. The van der Waals surface area contributed by atoms with Crippen molar-refractivity contribution in [3.8, 4) is 5.75 Å². The summed E-state index contributed by atoms with van der Waals surface area (Å²) in [4.78, 5) is 17.1. The first kappa shape index (κ1) is 19.3. The van der Waals surface area contributed by atoms with E-state index >= 15 is 0 Å². The minimum absolute atomic E-state index is 0.0664. The number of alkyl halides is 2. The molecule has 1 fully saturated rings. The lowest BCUT2D eigenvalue weighted by molar-refractivity contribution is -0.122. The molecule has 0 unspecified atom stereocenters. The van der Waals surface area contributed by atoms with Crippen LogP contribution >= 0.6 is 0 Å². The summed E-state index contributed by atoms with van der Waals surface area (Å²) in [6.45, 7) is -1.14. The number of amides is 1. The van der Waals surface area contributed by atoms with Crippen LogP contribution in [-0.4, -0.2) is 22.7 Å². The van der Waals surface area contributed by atoms with Gasteiger partial charge in [0.25, 0.3) is 0 Å². The topological polar surface area (TPSA) is 77.2 Å². The number of halogens is 2. The Morgan fingerprint density at radius 3 is 2.44 bits per heavy atom. The number of hydrogen-bond donors (Lipinski definition) is 1. The highest BCUT2D eigenvalue weighted by atomic mass is 19.3. The number of benzene rings is 1. The summed E-state index contributed by atoms with van der Waals surface area (Å²) in [6.07, 6.45) is 5.84. The van der Waals surface area contributed by atoms with Crippen molar-refractivity contribution in [1.29, 1.82) is 0 Å². The van der Waals surface area contributed by atoms with Crippen molar-refractivity contribution >= 4 is 5.91 Å². The molecule has 1 aliphatic rings. The molecule has 1 amide bonds. The Hall–Kier alpha value is -2.51. The average Bonchev–Trinajstić information content (AvgIpc) is 2.92. The first-order chi connectivity index (χ1) is 13.0. The second-order valence-electron chi connectivity index (χ2n) is 6.88. The molecule has 0 bridgehead atoms. The maximum atomic E-state index is 12.7. The average molecular weight is 379 g/mol. The zero-order valence-electron chi connectivity index (χ0n) is 15.2. The highest BCUT2D eigenvalue weighted by Crippen LogP contribution is 2.34. The molecule has 1 N–H and O–H groups in total. The lowest BCUT2D eigenvalue weighted by Crippen LogP contribution is -2.47. The fourth-order valence-electron chi connectivity index (χ4n) is 3.52. The third-order valence-corrected chi connectivity index (χ3v) is 4.80. The third-order valence-electron chi connectivity index (χ3n) is 4.80. The molecule has 1 aromatic heterocycles. The first-order valence-electron chi connectivity index (χ1n) is 9.12. The zero-order chi connectivity index (χ0) is 19.3. The van der Waals surface area contributed by atoms with Gasteiger partial charge in [0, 0.05) is 6.92 Å². The van der Waals surface area contributed by atoms with E-state index in [0.29, 0.717) is 17.3 Å². The summed E-state index contributed by atoms with van der Waals surface area (Å²) in [5.74, 6) is 0.895. The summed E-state index contributed by atoms with van der Waals surface area (Å²) in [7, 11) is 0. The van der Waals surface area contributed by atoms with Gasteiger partial charge >= 0.3 is 6.61 Å². The van der Waals surface area contributed by atoms with Gasteiger partial charge in [-0.25, -0.2) is 0 Å². The van der Waals surface area contributed by atoms with E-state index in [9.17, 15) is 13.6 Å². The van der Waals surface area contributed by atoms with Gasteiger partial charge in [0.1, 0.15) is 11.3 Å². The number of aryl methyl sites for hydroxylation is 1. The summed E-state index contributed by atoms with van der Waals surface area (Å²) in [5.41, 5.74) is 0.0894. The third kappa shape index (κ3) is 5.02. The number of carbonyl (C=O) groups excluding carboxylic acids is 1. The molecule has 27 heavy (non-hydrogen) atoms. The Kier molecular flexibility index (Phi) is 6.03. The predicted molar refractivity (Wildman–Crippen MR) is 93.3 cm³/mol. The number of ether oxygens (including phenoxy) is 1. The van der Waals surface area contributed by atoms with E-state index in [2.05, 4.69) is 20.2 Å². The van der Waals surface area contributed by atoms with Crippen molar-refractivity contribution in [3.05, 3.63) is 41.5 Å². The standard InChI is InChI=1S/C19H23F2N3O3/c1-13-22-17(24-27-13)19(10-4-2-3-5-11-19)23-16(25)12-14-6-8-15(9-7-14)26-18(20)21/h6-9,18H,2-5,10-12H2,1H3,(H,23,25). The molecule has 1 aromatic carbocycles. The Morgan fingerprint density at radius 1 is 1.22 bits per heavy atom. The minimum Gasteiger partial charge on any atom is -0.435 e. The van der Waals surface area contributed by atoms with E-state index in [0.717, 1.165) is 38.5 Å². The summed E-state index contributed by atoms with van der Waals surface area (Å²) < 4.78 is 33.9. The molecule has 1 saturated carbocycles. The van der Waals surface area contributed by atoms with Crippen molar-refractivity contribution in [2.45, 2.75) is 64.0 Å². The molecule has 6 nitrogen and oxygen atoms in total. The molecule has 0 atom stereocenters. The predicted octanol–water partition coefficient (Wildman–Crippen LogP) is 3.89. The van der Waals surface area contributed by atoms with Crippen LogP contribution in [0.15, 0.2) is 28.8 Å². The molecule has 146 valence electrons. The van der Waals surface area contributed by atoms with E-state index in [1.807, 2.05) is 0 Å². The molecule has 3 rings (SSSR count). The van der Waals surface area contributed by atoms with Gasteiger partial charge in [0.05, 0.1) is 6.42 Å². The summed E-state index contributed by atoms with van der Waals surface area (Å²) in [6, 6.07) is 6.07. The van der Waals surface area contributed by atoms with Gasteiger partial charge < -0.3 is 14.6 Å². The van der Waals surface area contributed by atoms with Crippen LogP contribution in [0.2, 0.25) is 0 Å². The number of hydrogen-bond acceptors (Lipinski definition) is 5. The number of nitrogens with one attached hydrogen (secondary N) is 1. The van der Waals surface area contributed by atoms with Crippen molar-refractivity contribution in [2.24, 2.45) is 0 Å².